The topological polar surface area (TPSA) is 134 Å². The highest BCUT2D eigenvalue weighted by molar-refractivity contribution is 6.73. The number of aromatic nitrogens is 4. The predicted molar refractivity (Wildman–Crippen MR) is 182 cm³/mol. The highest BCUT2D eigenvalue weighted by Crippen LogP contribution is 2.36. The smallest absolute Gasteiger partial charge is 0.416 e. The lowest BCUT2D eigenvalue weighted by Crippen LogP contribution is -2.56. The number of pyridine rings is 1. The van der Waals surface area contributed by atoms with Crippen LogP contribution in [0.2, 0.25) is 18.1 Å². The van der Waals surface area contributed by atoms with Gasteiger partial charge in [-0.3, -0.25) is 9.88 Å². The zero-order valence-corrected chi connectivity index (χ0v) is 29.7. The molecule has 2 N–H and O–H groups in total. The second kappa shape index (κ2) is 14.4. The molecule has 4 rings (SSSR count). The van der Waals surface area contributed by atoms with Gasteiger partial charge in [0.2, 0.25) is 0 Å². The third-order valence-electron chi connectivity index (χ3n) is 8.99. The fourth-order valence-electron chi connectivity index (χ4n) is 5.98. The Balaban J connectivity index is 1.78. The summed E-state index contributed by atoms with van der Waals surface area (Å²) in [6, 6.07) is 8.55. The number of rotatable bonds is 12. The minimum absolute atomic E-state index is 0.142. The number of hydrogen-bond acceptors (Lipinski definition) is 8. The van der Waals surface area contributed by atoms with Crippen molar-refractivity contribution in [3.63, 3.8) is 0 Å². The monoisotopic (exact) mass is 653 g/mol. The highest BCUT2D eigenvalue weighted by Gasteiger charge is 2.43. The molecule has 0 atom stereocenters. The number of likely N-dealkylation sites (tertiary alicyclic amines) is 1. The summed E-state index contributed by atoms with van der Waals surface area (Å²) < 4.78 is 14.8. The van der Waals surface area contributed by atoms with Crippen molar-refractivity contribution >= 4 is 37.8 Å². The van der Waals surface area contributed by atoms with Crippen LogP contribution in [-0.4, -0.2) is 80.9 Å². The zero-order chi connectivity index (χ0) is 33.7. The van der Waals surface area contributed by atoms with E-state index < -0.39 is 31.7 Å². The first-order valence-electron chi connectivity index (χ1n) is 16.4. The fraction of sp³-hybridized carbons (Fsp3) is 0.606. The maximum Gasteiger partial charge on any atom is 0.416 e. The van der Waals surface area contributed by atoms with E-state index in [9.17, 15) is 14.7 Å². The molecule has 3 aromatic rings. The molecule has 1 saturated heterocycles. The van der Waals surface area contributed by atoms with E-state index in [1.807, 2.05) is 39.0 Å². The van der Waals surface area contributed by atoms with Crippen LogP contribution >= 0.6 is 0 Å². The summed E-state index contributed by atoms with van der Waals surface area (Å²) in [5, 5.41) is 17.9. The van der Waals surface area contributed by atoms with Crippen molar-refractivity contribution in [2.24, 2.45) is 0 Å². The lowest BCUT2D eigenvalue weighted by atomic mass is 9.91. The van der Waals surface area contributed by atoms with E-state index in [0.717, 1.165) is 29.3 Å². The van der Waals surface area contributed by atoms with E-state index in [2.05, 4.69) is 50.0 Å². The third-order valence-corrected chi connectivity index (χ3v) is 13.7. The van der Waals surface area contributed by atoms with E-state index in [1.54, 1.807) is 28.0 Å². The molecule has 3 aromatic heterocycles. The number of carbonyl (C=O) groups is 2. The van der Waals surface area contributed by atoms with Crippen molar-refractivity contribution in [3.05, 3.63) is 47.9 Å². The molecule has 1 aliphatic heterocycles. The van der Waals surface area contributed by atoms with Crippen molar-refractivity contribution in [3.8, 4) is 0 Å². The lowest BCUT2D eigenvalue weighted by molar-refractivity contribution is 0.00617. The summed E-state index contributed by atoms with van der Waals surface area (Å²) in [4.78, 5) is 37.8. The van der Waals surface area contributed by atoms with E-state index in [4.69, 9.17) is 14.1 Å². The number of nitrogens with one attached hydrogen (secondary N) is 1. The van der Waals surface area contributed by atoms with Crippen LogP contribution in [0.4, 0.5) is 21.2 Å². The van der Waals surface area contributed by atoms with Crippen molar-refractivity contribution < 1.29 is 23.9 Å². The number of fused-ring (bicyclic) bond motifs is 1. The third kappa shape index (κ3) is 8.16. The van der Waals surface area contributed by atoms with Gasteiger partial charge in [0.1, 0.15) is 17.2 Å². The number of hydrogen-bond donors (Lipinski definition) is 2. The molecule has 46 heavy (non-hydrogen) atoms. The number of carboxylic acid groups (broad SMARTS) is 1. The highest BCUT2D eigenvalue weighted by atomic mass is 28.4. The van der Waals surface area contributed by atoms with Gasteiger partial charge in [0, 0.05) is 43.7 Å². The second-order valence-electron chi connectivity index (χ2n) is 13.6. The molecule has 1 fully saturated rings. The number of anilines is 2. The van der Waals surface area contributed by atoms with Crippen molar-refractivity contribution in [1.82, 2.24) is 24.5 Å². The van der Waals surface area contributed by atoms with Gasteiger partial charge in [0.25, 0.3) is 0 Å². The quantitative estimate of drug-likeness (QED) is 0.196. The van der Waals surface area contributed by atoms with E-state index in [1.165, 1.54) is 4.90 Å². The first kappa shape index (κ1) is 35.1. The van der Waals surface area contributed by atoms with Crippen LogP contribution in [0.1, 0.15) is 85.3 Å². The molecule has 0 spiro atoms. The Morgan fingerprint density at radius 3 is 2.28 bits per heavy atom. The molecule has 252 valence electrons. The van der Waals surface area contributed by atoms with E-state index in [0.29, 0.717) is 49.8 Å². The van der Waals surface area contributed by atoms with E-state index >= 15 is 0 Å². The first-order chi connectivity index (χ1) is 21.7. The van der Waals surface area contributed by atoms with Crippen molar-refractivity contribution in [2.75, 3.05) is 29.9 Å². The van der Waals surface area contributed by atoms with Gasteiger partial charge in [-0.15, -0.1) is 0 Å². The molecular formula is C33H51N7O5Si. The largest absolute Gasteiger partial charge is 0.465 e. The van der Waals surface area contributed by atoms with Crippen LogP contribution < -0.4 is 10.2 Å². The second-order valence-corrected chi connectivity index (χ2v) is 18.3. The van der Waals surface area contributed by atoms with Crippen molar-refractivity contribution in [1.29, 1.82) is 0 Å². The Labute approximate surface area is 273 Å². The average molecular weight is 654 g/mol. The lowest BCUT2D eigenvalue weighted by Gasteiger charge is -2.46. The molecule has 0 aliphatic carbocycles. The summed E-state index contributed by atoms with van der Waals surface area (Å²) in [7, 11) is -2.05. The Hall–Kier alpha value is -3.71. The fourth-order valence-corrected chi connectivity index (χ4v) is 9.11. The normalized spacial score (nSPS) is 15.3. The SMILES string of the molecule is CC[Si](CC)(CC)OC1(CNc2cc(N(Cc3ccncc3)C(=O)OC(C)(C)C)n3ncc(C(C)C)c3n2)CCN(C(=O)O)CC1. The Morgan fingerprint density at radius 1 is 1.11 bits per heavy atom. The summed E-state index contributed by atoms with van der Waals surface area (Å²) in [5.41, 5.74) is 1.23. The van der Waals surface area contributed by atoms with Crippen LogP contribution in [-0.2, 0) is 15.7 Å². The standard InChI is InChI=1S/C33H51N7O5Si/c1-9-46(10-2,11-3)45-33(14-18-38(19-15-33)30(41)42)23-35-27-20-28(40-29(37-27)26(21-36-40)24(4)5)39(31(43)44-32(6,7)8)22-25-12-16-34-17-13-25/h12-13,16-17,20-21,24H,9-11,14-15,18-19,22-23H2,1-8H3,(H,35,37)(H,41,42). The number of amides is 2. The summed E-state index contributed by atoms with van der Waals surface area (Å²) in [5.74, 6) is 1.23. The van der Waals surface area contributed by atoms with Gasteiger partial charge in [0.15, 0.2) is 14.0 Å². The van der Waals surface area contributed by atoms with Gasteiger partial charge in [-0.2, -0.15) is 9.61 Å². The summed E-state index contributed by atoms with van der Waals surface area (Å²) >= 11 is 0. The van der Waals surface area contributed by atoms with Gasteiger partial charge >= 0.3 is 12.2 Å². The zero-order valence-electron chi connectivity index (χ0n) is 28.7. The Kier molecular flexibility index (Phi) is 11.0. The molecule has 4 heterocycles. The molecular weight excluding hydrogens is 602 g/mol. The molecule has 0 unspecified atom stereocenters. The molecule has 0 bridgehead atoms. The number of carbonyl (C=O) groups excluding carboxylic acids is 1. The minimum atomic E-state index is -2.05. The Morgan fingerprint density at radius 2 is 1.74 bits per heavy atom. The van der Waals surface area contributed by atoms with E-state index in [-0.39, 0.29) is 12.5 Å². The van der Waals surface area contributed by atoms with Gasteiger partial charge in [-0.25, -0.2) is 14.6 Å². The summed E-state index contributed by atoms with van der Waals surface area (Å²) in [6.45, 7) is 17.8. The summed E-state index contributed by atoms with van der Waals surface area (Å²) in [6.07, 6.45) is 4.97. The van der Waals surface area contributed by atoms with Crippen LogP contribution in [0, 0.1) is 0 Å². The molecule has 0 radical (unpaired) electrons. The number of nitrogens with zero attached hydrogens (tertiary/aromatic N) is 6. The molecule has 0 saturated carbocycles. The number of piperidine rings is 1. The van der Waals surface area contributed by atoms with Gasteiger partial charge in [-0.1, -0.05) is 34.6 Å². The maximum absolute atomic E-state index is 13.8. The van der Waals surface area contributed by atoms with Crippen LogP contribution in [0.15, 0.2) is 36.8 Å². The van der Waals surface area contributed by atoms with Gasteiger partial charge in [-0.05, 0) is 75.4 Å². The first-order valence-corrected chi connectivity index (χ1v) is 19.0. The Bertz CT molecular complexity index is 1470. The van der Waals surface area contributed by atoms with Gasteiger partial charge in [0.05, 0.1) is 18.3 Å². The predicted octanol–water partition coefficient (Wildman–Crippen LogP) is 7.14. The molecule has 12 nitrogen and oxygen atoms in total. The van der Waals surface area contributed by atoms with Crippen LogP contribution in [0.5, 0.6) is 0 Å². The number of ether oxygens (including phenoxy) is 1. The average Bonchev–Trinajstić information content (AvgIpc) is 3.46. The van der Waals surface area contributed by atoms with Gasteiger partial charge < -0.3 is 24.5 Å². The molecule has 2 amide bonds. The maximum atomic E-state index is 13.8. The molecule has 0 aromatic carbocycles. The van der Waals surface area contributed by atoms with Crippen LogP contribution in [0.25, 0.3) is 5.65 Å². The van der Waals surface area contributed by atoms with Crippen LogP contribution in [0.3, 0.4) is 0 Å². The molecule has 1 aliphatic rings. The minimum Gasteiger partial charge on any atom is -0.465 e. The molecule has 13 heteroatoms. The van der Waals surface area contributed by atoms with Crippen molar-refractivity contribution in [2.45, 2.75) is 110 Å².